The normalized spacial score (nSPS) is 15.4. The van der Waals surface area contributed by atoms with Crippen molar-refractivity contribution in [2.45, 2.75) is 45.8 Å². The summed E-state index contributed by atoms with van der Waals surface area (Å²) in [4.78, 5) is 18.4. The lowest BCUT2D eigenvalue weighted by Crippen LogP contribution is -2.39. The molecule has 1 amide bonds. The molecule has 2 heterocycles. The van der Waals surface area contributed by atoms with Gasteiger partial charge in [-0.05, 0) is 57.9 Å². The van der Waals surface area contributed by atoms with Gasteiger partial charge < -0.3 is 14.4 Å². The van der Waals surface area contributed by atoms with E-state index in [1.54, 1.807) is 30.0 Å². The number of nitrogens with zero attached hydrogens (tertiary/aromatic N) is 2. The number of halogens is 2. The Morgan fingerprint density at radius 1 is 1.27 bits per heavy atom. The molecule has 1 aromatic carbocycles. The molecule has 1 aromatic heterocycles. The lowest BCUT2D eigenvalue weighted by molar-refractivity contribution is 0.0270. The average molecular weight is 433 g/mol. The van der Waals surface area contributed by atoms with Gasteiger partial charge in [-0.3, -0.25) is 0 Å². The highest BCUT2D eigenvalue weighted by molar-refractivity contribution is 6.30. The highest BCUT2D eigenvalue weighted by Crippen LogP contribution is 2.27. The van der Waals surface area contributed by atoms with E-state index in [0.717, 1.165) is 11.3 Å². The first-order valence-corrected chi connectivity index (χ1v) is 10.3. The molecule has 30 heavy (non-hydrogen) atoms. The quantitative estimate of drug-likeness (QED) is 0.591. The van der Waals surface area contributed by atoms with Crippen LogP contribution in [0.4, 0.5) is 9.18 Å². The zero-order chi connectivity index (χ0) is 21.9. The van der Waals surface area contributed by atoms with Gasteiger partial charge in [0.2, 0.25) is 5.88 Å². The lowest BCUT2D eigenvalue weighted by atomic mass is 10.0. The topological polar surface area (TPSA) is 51.7 Å². The molecule has 3 rings (SSSR count). The fourth-order valence-electron chi connectivity index (χ4n) is 3.13. The molecule has 1 unspecified atom stereocenters. The standard InChI is InChI=1S/C23H26ClFN2O3/c1-15(18-9-8-17(24)14-19(18)25)29-21-7-5-6-20(26-21)16-10-12-27(13-11-16)22(28)30-23(2,3)4/h5-10,14-15H,11-13H2,1-4H3. The van der Waals surface area contributed by atoms with Crippen molar-refractivity contribution in [2.75, 3.05) is 13.1 Å². The van der Waals surface area contributed by atoms with Crippen LogP contribution in [0.25, 0.3) is 5.57 Å². The van der Waals surface area contributed by atoms with Gasteiger partial charge in [0.25, 0.3) is 0 Å². The summed E-state index contributed by atoms with van der Waals surface area (Å²) >= 11 is 5.82. The maximum atomic E-state index is 14.1. The first-order valence-electron chi connectivity index (χ1n) is 9.88. The summed E-state index contributed by atoms with van der Waals surface area (Å²) in [5, 5.41) is 0.341. The van der Waals surface area contributed by atoms with Crippen LogP contribution in [0.15, 0.2) is 42.5 Å². The number of amides is 1. The molecule has 0 radical (unpaired) electrons. The fourth-order valence-corrected chi connectivity index (χ4v) is 3.29. The van der Waals surface area contributed by atoms with Gasteiger partial charge >= 0.3 is 6.09 Å². The first-order chi connectivity index (χ1) is 14.1. The summed E-state index contributed by atoms with van der Waals surface area (Å²) in [5.41, 5.74) is 1.70. The zero-order valence-corrected chi connectivity index (χ0v) is 18.4. The third kappa shape index (κ3) is 5.72. The number of benzene rings is 1. The molecule has 7 heteroatoms. The molecule has 0 saturated heterocycles. The number of aromatic nitrogens is 1. The minimum atomic E-state index is -0.520. The maximum Gasteiger partial charge on any atom is 0.410 e. The summed E-state index contributed by atoms with van der Waals surface area (Å²) in [6.45, 7) is 8.33. The number of rotatable bonds is 4. The lowest BCUT2D eigenvalue weighted by Gasteiger charge is -2.29. The molecule has 0 bridgehead atoms. The van der Waals surface area contributed by atoms with Gasteiger partial charge in [-0.2, -0.15) is 0 Å². The van der Waals surface area contributed by atoms with Crippen molar-refractivity contribution in [3.63, 3.8) is 0 Å². The second-order valence-corrected chi connectivity index (χ2v) is 8.63. The van der Waals surface area contributed by atoms with Gasteiger partial charge in [0.15, 0.2) is 0 Å². The Bertz CT molecular complexity index is 956. The van der Waals surface area contributed by atoms with Gasteiger partial charge in [-0.1, -0.05) is 29.8 Å². The van der Waals surface area contributed by atoms with Crippen molar-refractivity contribution in [1.29, 1.82) is 0 Å². The van der Waals surface area contributed by atoms with Crippen LogP contribution in [-0.4, -0.2) is 34.7 Å². The van der Waals surface area contributed by atoms with Gasteiger partial charge in [-0.25, -0.2) is 14.2 Å². The largest absolute Gasteiger partial charge is 0.470 e. The predicted octanol–water partition coefficient (Wildman–Crippen LogP) is 6.04. The predicted molar refractivity (Wildman–Crippen MR) is 115 cm³/mol. The minimum Gasteiger partial charge on any atom is -0.470 e. The smallest absolute Gasteiger partial charge is 0.410 e. The van der Waals surface area contributed by atoms with Crippen molar-refractivity contribution in [3.8, 4) is 5.88 Å². The highest BCUT2D eigenvalue weighted by atomic mass is 35.5. The molecule has 0 N–H and O–H groups in total. The number of hydrogen-bond donors (Lipinski definition) is 0. The zero-order valence-electron chi connectivity index (χ0n) is 17.6. The van der Waals surface area contributed by atoms with E-state index < -0.39 is 17.5 Å². The molecule has 0 aliphatic carbocycles. The third-order valence-electron chi connectivity index (χ3n) is 4.61. The number of ether oxygens (including phenoxy) is 2. The van der Waals surface area contributed by atoms with Crippen LogP contribution < -0.4 is 4.74 Å². The summed E-state index contributed by atoms with van der Waals surface area (Å²) in [5.74, 6) is -0.00630. The molecular formula is C23H26ClFN2O3. The first kappa shape index (κ1) is 22.1. The van der Waals surface area contributed by atoms with E-state index in [4.69, 9.17) is 21.1 Å². The molecule has 5 nitrogen and oxygen atoms in total. The Hall–Kier alpha value is -2.60. The van der Waals surface area contributed by atoms with E-state index in [0.29, 0.717) is 36.0 Å². The number of carbonyl (C=O) groups is 1. The minimum absolute atomic E-state index is 0.318. The van der Waals surface area contributed by atoms with Crippen LogP contribution in [0.3, 0.4) is 0 Å². The van der Waals surface area contributed by atoms with Crippen LogP contribution in [0.2, 0.25) is 5.02 Å². The molecule has 1 atom stereocenters. The highest BCUT2D eigenvalue weighted by Gasteiger charge is 2.24. The van der Waals surface area contributed by atoms with E-state index >= 15 is 0 Å². The fraction of sp³-hybridized carbons (Fsp3) is 0.391. The monoisotopic (exact) mass is 432 g/mol. The van der Waals surface area contributed by atoms with Crippen molar-refractivity contribution in [1.82, 2.24) is 9.88 Å². The molecule has 160 valence electrons. The van der Waals surface area contributed by atoms with Crippen molar-refractivity contribution in [3.05, 3.63) is 64.6 Å². The Morgan fingerprint density at radius 3 is 2.67 bits per heavy atom. The molecule has 1 aliphatic heterocycles. The maximum absolute atomic E-state index is 14.1. The molecule has 0 saturated carbocycles. The van der Waals surface area contributed by atoms with E-state index in [1.807, 2.05) is 39.0 Å². The van der Waals surface area contributed by atoms with Gasteiger partial charge in [0.05, 0.1) is 5.69 Å². The average Bonchev–Trinajstić information content (AvgIpc) is 2.67. The van der Waals surface area contributed by atoms with Crippen molar-refractivity contribution < 1.29 is 18.7 Å². The molecule has 0 spiro atoms. The molecule has 0 fully saturated rings. The van der Waals surface area contributed by atoms with Crippen molar-refractivity contribution in [2.24, 2.45) is 0 Å². The molecule has 2 aromatic rings. The summed E-state index contributed by atoms with van der Waals surface area (Å²) in [7, 11) is 0. The summed E-state index contributed by atoms with van der Waals surface area (Å²) < 4.78 is 25.4. The van der Waals surface area contributed by atoms with E-state index in [9.17, 15) is 9.18 Å². The number of hydrogen-bond acceptors (Lipinski definition) is 4. The van der Waals surface area contributed by atoms with E-state index in [1.165, 1.54) is 6.07 Å². The molecule has 1 aliphatic rings. The number of carbonyl (C=O) groups excluding carboxylic acids is 1. The Kier molecular flexibility index (Phi) is 6.66. The van der Waals surface area contributed by atoms with E-state index in [-0.39, 0.29) is 6.09 Å². The second kappa shape index (κ2) is 9.04. The van der Waals surface area contributed by atoms with Crippen molar-refractivity contribution >= 4 is 23.3 Å². The second-order valence-electron chi connectivity index (χ2n) is 8.19. The molecular weight excluding hydrogens is 407 g/mol. The van der Waals surface area contributed by atoms with Gasteiger partial charge in [0.1, 0.15) is 17.5 Å². The Balaban J connectivity index is 1.68. The summed E-state index contributed by atoms with van der Waals surface area (Å²) in [6, 6.07) is 10.0. The van der Waals surface area contributed by atoms with Crippen LogP contribution in [0.1, 0.15) is 51.5 Å². The summed E-state index contributed by atoms with van der Waals surface area (Å²) in [6.07, 6.45) is 1.80. The van der Waals surface area contributed by atoms with Gasteiger partial charge in [0, 0.05) is 29.7 Å². The van der Waals surface area contributed by atoms with Crippen LogP contribution in [0.5, 0.6) is 5.88 Å². The SMILES string of the molecule is CC(Oc1cccc(C2=CCN(C(=O)OC(C)(C)C)CC2)n1)c1ccc(Cl)cc1F. The van der Waals surface area contributed by atoms with Crippen LogP contribution in [-0.2, 0) is 4.74 Å². The Labute approximate surface area is 181 Å². The Morgan fingerprint density at radius 2 is 2.03 bits per heavy atom. The van der Waals surface area contributed by atoms with Gasteiger partial charge in [-0.15, -0.1) is 0 Å². The third-order valence-corrected chi connectivity index (χ3v) is 4.85. The van der Waals surface area contributed by atoms with Crippen LogP contribution >= 0.6 is 11.6 Å². The number of pyridine rings is 1. The van der Waals surface area contributed by atoms with Crippen LogP contribution in [0, 0.1) is 5.82 Å². The van der Waals surface area contributed by atoms with E-state index in [2.05, 4.69) is 4.98 Å².